The first-order chi connectivity index (χ1) is 13.4. The number of ether oxygens (including phenoxy) is 1. The largest absolute Gasteiger partial charge is 0.465 e. The van der Waals surface area contributed by atoms with Gasteiger partial charge in [0.1, 0.15) is 0 Å². The standard InChI is InChI=1S/C22H20O4S2/c1-17-7-13-21(14-8-17)28(24,25)20(15-16-27-3)6-4-5-18-9-11-19(12-10-18)22(23)26-2/h6-16H,1-3H3/b16-15+,20-6+. The van der Waals surface area contributed by atoms with Crippen LogP contribution in [0.4, 0.5) is 0 Å². The van der Waals surface area contributed by atoms with Crippen LogP contribution in [0.1, 0.15) is 21.5 Å². The fourth-order valence-electron chi connectivity index (χ4n) is 2.20. The van der Waals surface area contributed by atoms with Gasteiger partial charge in [0, 0.05) is 11.6 Å². The average molecular weight is 413 g/mol. The van der Waals surface area contributed by atoms with E-state index >= 15 is 0 Å². The summed E-state index contributed by atoms with van der Waals surface area (Å²) in [6, 6.07) is 13.3. The van der Waals surface area contributed by atoms with Crippen LogP contribution in [0.15, 0.2) is 75.9 Å². The lowest BCUT2D eigenvalue weighted by Gasteiger charge is -2.05. The summed E-state index contributed by atoms with van der Waals surface area (Å²) in [5, 5.41) is 1.70. The number of allylic oxidation sites excluding steroid dienone is 2. The monoisotopic (exact) mass is 412 g/mol. The summed E-state index contributed by atoms with van der Waals surface area (Å²) in [7, 11) is -2.35. The van der Waals surface area contributed by atoms with Gasteiger partial charge in [-0.1, -0.05) is 29.5 Å². The molecule has 0 aromatic heterocycles. The van der Waals surface area contributed by atoms with Crippen molar-refractivity contribution in [2.24, 2.45) is 0 Å². The second-order valence-corrected chi connectivity index (χ2v) is 8.43. The molecule has 0 saturated heterocycles. The average Bonchev–Trinajstić information content (AvgIpc) is 2.70. The van der Waals surface area contributed by atoms with Crippen molar-refractivity contribution in [2.75, 3.05) is 13.4 Å². The lowest BCUT2D eigenvalue weighted by atomic mass is 10.1. The van der Waals surface area contributed by atoms with Gasteiger partial charge < -0.3 is 4.74 Å². The normalized spacial score (nSPS) is 11.8. The predicted molar refractivity (Wildman–Crippen MR) is 114 cm³/mol. The molecule has 0 radical (unpaired) electrons. The van der Waals surface area contributed by atoms with Gasteiger partial charge in [0.2, 0.25) is 9.84 Å². The molecule has 2 rings (SSSR count). The number of sulfone groups is 1. The van der Waals surface area contributed by atoms with Gasteiger partial charge in [0.25, 0.3) is 0 Å². The third-order valence-electron chi connectivity index (χ3n) is 3.75. The molecule has 0 fully saturated rings. The second-order valence-electron chi connectivity index (χ2n) is 5.74. The summed E-state index contributed by atoms with van der Waals surface area (Å²) in [6.45, 7) is 1.90. The summed E-state index contributed by atoms with van der Waals surface area (Å²) in [5.74, 6) is 5.25. The molecule has 0 saturated carbocycles. The highest BCUT2D eigenvalue weighted by molar-refractivity contribution is 8.01. The van der Waals surface area contributed by atoms with E-state index in [2.05, 4.69) is 16.6 Å². The van der Waals surface area contributed by atoms with E-state index in [1.807, 2.05) is 13.2 Å². The Morgan fingerprint density at radius 3 is 2.29 bits per heavy atom. The Balaban J connectivity index is 2.35. The Hall–Kier alpha value is -2.75. The zero-order chi connectivity index (χ0) is 20.6. The number of hydrogen-bond acceptors (Lipinski definition) is 5. The van der Waals surface area contributed by atoms with E-state index in [0.717, 1.165) is 5.56 Å². The number of aryl methyl sites for hydroxylation is 1. The molecule has 0 atom stereocenters. The van der Waals surface area contributed by atoms with Gasteiger partial charge in [0.05, 0.1) is 22.5 Å². The van der Waals surface area contributed by atoms with Crippen LogP contribution in [0.25, 0.3) is 0 Å². The zero-order valence-electron chi connectivity index (χ0n) is 15.8. The molecule has 2 aromatic rings. The second kappa shape index (κ2) is 9.98. The number of carbonyl (C=O) groups is 1. The molecule has 0 spiro atoms. The molecular weight excluding hydrogens is 392 g/mol. The molecule has 0 aliphatic rings. The van der Waals surface area contributed by atoms with Gasteiger partial charge in [-0.3, -0.25) is 0 Å². The maximum atomic E-state index is 12.9. The molecule has 0 unspecified atom stereocenters. The molecule has 2 aromatic carbocycles. The third kappa shape index (κ3) is 5.62. The summed E-state index contributed by atoms with van der Waals surface area (Å²) in [6.07, 6.45) is 4.77. The lowest BCUT2D eigenvalue weighted by Crippen LogP contribution is -2.03. The van der Waals surface area contributed by atoms with Crippen LogP contribution >= 0.6 is 11.8 Å². The van der Waals surface area contributed by atoms with Crippen molar-refractivity contribution in [1.82, 2.24) is 0 Å². The van der Waals surface area contributed by atoms with E-state index in [4.69, 9.17) is 0 Å². The number of rotatable bonds is 5. The highest BCUT2D eigenvalue weighted by Crippen LogP contribution is 2.21. The summed E-state index contributed by atoms with van der Waals surface area (Å²) < 4.78 is 30.4. The van der Waals surface area contributed by atoms with Crippen LogP contribution in [0.2, 0.25) is 0 Å². The maximum Gasteiger partial charge on any atom is 0.337 e. The van der Waals surface area contributed by atoms with Gasteiger partial charge in [-0.15, -0.1) is 11.8 Å². The molecule has 0 aliphatic carbocycles. The molecule has 0 bridgehead atoms. The number of hydrogen-bond donors (Lipinski definition) is 0. The topological polar surface area (TPSA) is 60.4 Å². The van der Waals surface area contributed by atoms with E-state index in [1.165, 1.54) is 31.0 Å². The lowest BCUT2D eigenvalue weighted by molar-refractivity contribution is 0.0600. The maximum absolute atomic E-state index is 12.9. The fourth-order valence-corrected chi connectivity index (χ4v) is 3.80. The van der Waals surface area contributed by atoms with Crippen LogP contribution in [0.5, 0.6) is 0 Å². The molecule has 4 nitrogen and oxygen atoms in total. The van der Waals surface area contributed by atoms with Crippen molar-refractivity contribution < 1.29 is 17.9 Å². The van der Waals surface area contributed by atoms with Crippen molar-refractivity contribution in [3.63, 3.8) is 0 Å². The number of thioether (sulfide) groups is 1. The van der Waals surface area contributed by atoms with Crippen molar-refractivity contribution in [3.05, 3.63) is 87.7 Å². The Morgan fingerprint density at radius 2 is 1.71 bits per heavy atom. The van der Waals surface area contributed by atoms with E-state index in [0.29, 0.717) is 11.1 Å². The number of carbonyl (C=O) groups excluding carboxylic acids is 1. The first-order valence-electron chi connectivity index (χ1n) is 8.29. The predicted octanol–water partition coefficient (Wildman–Crippen LogP) is 4.37. The number of benzene rings is 2. The van der Waals surface area contributed by atoms with Crippen molar-refractivity contribution in [3.8, 4) is 11.8 Å². The fraction of sp³-hybridized carbons (Fsp3) is 0.136. The highest BCUT2D eigenvalue weighted by atomic mass is 32.2. The molecule has 0 N–H and O–H groups in total. The van der Waals surface area contributed by atoms with Gasteiger partial charge in [-0.25, -0.2) is 13.2 Å². The number of methoxy groups -OCH3 is 1. The summed E-state index contributed by atoms with van der Waals surface area (Å²) in [5.41, 5.74) is 2.07. The minimum absolute atomic E-state index is 0.115. The number of esters is 1. The first-order valence-corrected chi connectivity index (χ1v) is 11.1. The van der Waals surface area contributed by atoms with Crippen LogP contribution in [-0.2, 0) is 14.6 Å². The molecular formula is C22H20O4S2. The smallest absolute Gasteiger partial charge is 0.337 e. The van der Waals surface area contributed by atoms with E-state index in [1.54, 1.807) is 53.9 Å². The zero-order valence-corrected chi connectivity index (χ0v) is 17.4. The molecule has 0 heterocycles. The first kappa shape index (κ1) is 21.5. The van der Waals surface area contributed by atoms with E-state index in [9.17, 15) is 13.2 Å². The molecule has 6 heteroatoms. The van der Waals surface area contributed by atoms with E-state index < -0.39 is 15.8 Å². The van der Waals surface area contributed by atoms with Gasteiger partial charge in [-0.2, -0.15) is 0 Å². The van der Waals surface area contributed by atoms with Crippen molar-refractivity contribution in [1.29, 1.82) is 0 Å². The Kier molecular flexibility index (Phi) is 7.68. The van der Waals surface area contributed by atoms with Crippen LogP contribution in [-0.4, -0.2) is 27.8 Å². The van der Waals surface area contributed by atoms with Gasteiger partial charge in [0.15, 0.2) is 0 Å². The molecule has 0 aliphatic heterocycles. The minimum atomic E-state index is -3.67. The van der Waals surface area contributed by atoms with Crippen LogP contribution in [0, 0.1) is 18.8 Å². The Bertz CT molecular complexity index is 1050. The molecule has 0 amide bonds. The third-order valence-corrected chi connectivity index (χ3v) is 5.92. The highest BCUT2D eigenvalue weighted by Gasteiger charge is 2.18. The van der Waals surface area contributed by atoms with Gasteiger partial charge >= 0.3 is 5.97 Å². The van der Waals surface area contributed by atoms with Crippen LogP contribution < -0.4 is 0 Å². The SMILES string of the molecule is COC(=O)c1ccc(C#C/C=C(\C=C\SC)S(=O)(=O)c2ccc(C)cc2)cc1. The minimum Gasteiger partial charge on any atom is -0.465 e. The van der Waals surface area contributed by atoms with Gasteiger partial charge in [-0.05, 0) is 61.1 Å². The quantitative estimate of drug-likeness (QED) is 0.415. The van der Waals surface area contributed by atoms with E-state index in [-0.39, 0.29) is 9.80 Å². The summed E-state index contributed by atoms with van der Waals surface area (Å²) in [4.78, 5) is 11.8. The van der Waals surface area contributed by atoms with Crippen LogP contribution in [0.3, 0.4) is 0 Å². The Labute approximate surface area is 170 Å². The Morgan fingerprint density at radius 1 is 1.07 bits per heavy atom. The van der Waals surface area contributed by atoms with Crippen molar-refractivity contribution in [2.45, 2.75) is 11.8 Å². The molecule has 28 heavy (non-hydrogen) atoms. The summed E-state index contributed by atoms with van der Waals surface area (Å²) >= 11 is 1.40. The van der Waals surface area contributed by atoms with Crippen molar-refractivity contribution >= 4 is 27.6 Å². The molecule has 144 valence electrons.